The maximum absolute atomic E-state index is 5.15. The Morgan fingerprint density at radius 1 is 0.150 bits per heavy atom. The molecule has 0 fully saturated rings. The smallest absolute Gasteiger partial charge is 0.164 e. The van der Waals surface area contributed by atoms with Crippen LogP contribution in [0.1, 0.15) is 45.2 Å². The van der Waals surface area contributed by atoms with Gasteiger partial charge >= 0.3 is 0 Å². The van der Waals surface area contributed by atoms with Crippen molar-refractivity contribution in [2.45, 2.75) is 11.8 Å². The fraction of sp³-hybridized carbons (Fsp3) is 0.0270. The van der Waals surface area contributed by atoms with Crippen LogP contribution in [0.25, 0.3) is 113 Å². The summed E-state index contributed by atoms with van der Waals surface area (Å²) in [7, 11) is 0. The molecule has 80 heavy (non-hydrogen) atoms. The van der Waals surface area contributed by atoms with E-state index in [9.17, 15) is 0 Å². The minimum atomic E-state index is 0.0827. The standard InChI is InChI=1S/C74H48N6/c1-5-17-47(18-6-1)49-31-35-53(36-32-49)71-75-69(51-21-9-3-10-22-51)77-73(79-71)59-27-15-25-55(43-59)57-39-41-63-65(45-57)67-61-29-13-14-30-62(61)68(63)66-46-58(40-42-64(66)67)56-26-16-28-60(44-56)74-78-70(52-23-11-4-12-24-52)76-72(80-74)54-37-33-50(34-38-54)48-19-7-2-8-20-48/h1-46,67-68H. The average Bonchev–Trinajstić information content (AvgIpc) is 3.62. The molecule has 3 aliphatic carbocycles. The minimum absolute atomic E-state index is 0.0827. The molecule has 16 rings (SSSR count). The van der Waals surface area contributed by atoms with Crippen LogP contribution in [0.5, 0.6) is 0 Å². The van der Waals surface area contributed by atoms with E-state index in [1.807, 2.05) is 48.5 Å². The predicted octanol–water partition coefficient (Wildman–Crippen LogP) is 17.7. The van der Waals surface area contributed by atoms with Crippen LogP contribution in [-0.4, -0.2) is 29.9 Å². The molecule has 0 amide bonds. The number of rotatable bonds is 10. The lowest BCUT2D eigenvalue weighted by Gasteiger charge is -2.42. The molecule has 2 atom stereocenters. The first-order valence-corrected chi connectivity index (χ1v) is 27.1. The number of nitrogens with zero attached hydrogens (tertiary/aromatic N) is 6. The summed E-state index contributed by atoms with van der Waals surface area (Å²) in [5.41, 5.74) is 22.9. The van der Waals surface area contributed by atoms with E-state index in [2.05, 4.69) is 231 Å². The summed E-state index contributed by atoms with van der Waals surface area (Å²) in [6.45, 7) is 0. The van der Waals surface area contributed by atoms with E-state index in [4.69, 9.17) is 29.9 Å². The van der Waals surface area contributed by atoms with Crippen LogP contribution in [0.15, 0.2) is 279 Å². The quantitative estimate of drug-likeness (QED) is 0.136. The molecule has 2 heterocycles. The lowest BCUT2D eigenvalue weighted by atomic mass is 9.60. The Kier molecular flexibility index (Phi) is 11.6. The van der Waals surface area contributed by atoms with Crippen LogP contribution in [0.2, 0.25) is 0 Å². The van der Waals surface area contributed by atoms with E-state index in [-0.39, 0.29) is 11.8 Å². The summed E-state index contributed by atoms with van der Waals surface area (Å²) in [5, 5.41) is 0. The first-order chi connectivity index (χ1) is 39.6. The fourth-order valence-electron chi connectivity index (χ4n) is 11.8. The van der Waals surface area contributed by atoms with Crippen molar-refractivity contribution in [2.24, 2.45) is 0 Å². The highest BCUT2D eigenvalue weighted by molar-refractivity contribution is 5.80. The van der Waals surface area contributed by atoms with E-state index in [0.717, 1.165) is 66.8 Å². The maximum Gasteiger partial charge on any atom is 0.164 e. The molecule has 0 saturated carbocycles. The summed E-state index contributed by atoms with van der Waals surface area (Å²) in [4.78, 5) is 30.6. The molecule has 0 saturated heterocycles. The highest BCUT2D eigenvalue weighted by Crippen LogP contribution is 2.57. The van der Waals surface area contributed by atoms with Crippen molar-refractivity contribution in [3.63, 3.8) is 0 Å². The molecule has 6 heteroatoms. The number of benzene rings is 11. The Balaban J connectivity index is 0.765. The molecule has 6 nitrogen and oxygen atoms in total. The SMILES string of the molecule is c1ccc(-c2ccc(-c3nc(-c4ccccc4)nc(-c4cccc(-c5ccc6c(c5)C5c7ccccc7C6c6cc(-c7cccc(-c8nc(-c9ccccc9)nc(-c9ccc(-c%10ccccc%10)cc9)n8)c7)ccc65)c4)n3)cc2)cc1. The van der Waals surface area contributed by atoms with Gasteiger partial charge in [0.1, 0.15) is 0 Å². The van der Waals surface area contributed by atoms with E-state index < -0.39 is 0 Å². The number of hydrogen-bond acceptors (Lipinski definition) is 6. The molecule has 2 unspecified atom stereocenters. The topological polar surface area (TPSA) is 77.3 Å². The second-order valence-electron chi connectivity index (χ2n) is 20.6. The van der Waals surface area contributed by atoms with E-state index in [1.54, 1.807) is 0 Å². The first kappa shape index (κ1) is 46.7. The molecule has 0 spiro atoms. The second kappa shape index (κ2) is 19.8. The van der Waals surface area contributed by atoms with E-state index in [1.165, 1.54) is 44.5 Å². The predicted molar refractivity (Wildman–Crippen MR) is 322 cm³/mol. The molecule has 3 aliphatic rings. The monoisotopic (exact) mass is 1020 g/mol. The van der Waals surface area contributed by atoms with Gasteiger partial charge in [-0.1, -0.05) is 255 Å². The zero-order chi connectivity index (χ0) is 52.9. The number of aromatic nitrogens is 6. The van der Waals surface area contributed by atoms with Gasteiger partial charge in [-0.3, -0.25) is 0 Å². The van der Waals surface area contributed by atoms with Crippen molar-refractivity contribution < 1.29 is 0 Å². The van der Waals surface area contributed by atoms with Crippen LogP contribution < -0.4 is 0 Å². The summed E-state index contributed by atoms with van der Waals surface area (Å²) in [6.07, 6.45) is 0. The van der Waals surface area contributed by atoms with Gasteiger partial charge in [0.2, 0.25) is 0 Å². The van der Waals surface area contributed by atoms with Crippen molar-refractivity contribution in [3.05, 3.63) is 312 Å². The molecule has 0 aliphatic heterocycles. The summed E-state index contributed by atoms with van der Waals surface area (Å²) < 4.78 is 0. The van der Waals surface area contributed by atoms with Gasteiger partial charge < -0.3 is 0 Å². The highest BCUT2D eigenvalue weighted by Gasteiger charge is 2.41. The highest BCUT2D eigenvalue weighted by atomic mass is 15.0. The summed E-state index contributed by atoms with van der Waals surface area (Å²) >= 11 is 0. The third-order valence-corrected chi connectivity index (χ3v) is 15.8. The molecular weight excluding hydrogens is 973 g/mol. The molecule has 2 aromatic heterocycles. The van der Waals surface area contributed by atoms with Crippen molar-refractivity contribution in [3.8, 4) is 113 Å². The molecule has 0 N–H and O–H groups in total. The van der Waals surface area contributed by atoms with Gasteiger partial charge in [-0.2, -0.15) is 0 Å². The van der Waals surface area contributed by atoms with Gasteiger partial charge in [0.25, 0.3) is 0 Å². The first-order valence-electron chi connectivity index (χ1n) is 27.1. The minimum Gasteiger partial charge on any atom is -0.208 e. The summed E-state index contributed by atoms with van der Waals surface area (Å²) in [6, 6.07) is 98.6. The lowest BCUT2D eigenvalue weighted by Crippen LogP contribution is -2.27. The Morgan fingerprint density at radius 2 is 0.375 bits per heavy atom. The Hall–Kier alpha value is -10.6. The van der Waals surface area contributed by atoms with Crippen LogP contribution in [0, 0.1) is 0 Å². The molecule has 2 bridgehead atoms. The van der Waals surface area contributed by atoms with Crippen LogP contribution in [0.4, 0.5) is 0 Å². The zero-order valence-electron chi connectivity index (χ0n) is 43.4. The van der Waals surface area contributed by atoms with E-state index in [0.29, 0.717) is 34.9 Å². The lowest BCUT2D eigenvalue weighted by molar-refractivity contribution is 0.755. The van der Waals surface area contributed by atoms with Gasteiger partial charge in [-0.25, -0.2) is 29.9 Å². The fourth-order valence-corrected chi connectivity index (χ4v) is 11.8. The normalized spacial score (nSPS) is 13.8. The number of hydrogen-bond donors (Lipinski definition) is 0. The second-order valence-corrected chi connectivity index (χ2v) is 20.6. The van der Waals surface area contributed by atoms with Crippen molar-refractivity contribution in [1.29, 1.82) is 0 Å². The molecular formula is C74H48N6. The molecule has 374 valence electrons. The third kappa shape index (κ3) is 8.56. The molecule has 11 aromatic carbocycles. The van der Waals surface area contributed by atoms with Crippen LogP contribution in [0.3, 0.4) is 0 Å². The summed E-state index contributed by atoms with van der Waals surface area (Å²) in [5.74, 6) is 3.96. The maximum atomic E-state index is 5.15. The van der Waals surface area contributed by atoms with Crippen LogP contribution >= 0.6 is 0 Å². The Bertz CT molecular complexity index is 4160. The van der Waals surface area contributed by atoms with Gasteiger partial charge in [0.05, 0.1) is 0 Å². The van der Waals surface area contributed by atoms with E-state index >= 15 is 0 Å². The van der Waals surface area contributed by atoms with Gasteiger partial charge in [0.15, 0.2) is 34.9 Å². The Morgan fingerprint density at radius 3 is 0.738 bits per heavy atom. The van der Waals surface area contributed by atoms with Crippen molar-refractivity contribution >= 4 is 0 Å². The van der Waals surface area contributed by atoms with Gasteiger partial charge in [0, 0.05) is 45.2 Å². The zero-order valence-corrected chi connectivity index (χ0v) is 43.4. The van der Waals surface area contributed by atoms with Gasteiger partial charge in [-0.05, 0) is 102 Å². The Labute approximate surface area is 464 Å². The average molecular weight is 1020 g/mol. The molecule has 13 aromatic rings. The van der Waals surface area contributed by atoms with Crippen molar-refractivity contribution in [2.75, 3.05) is 0 Å². The van der Waals surface area contributed by atoms with Gasteiger partial charge in [-0.15, -0.1) is 0 Å². The molecule has 0 radical (unpaired) electrons. The third-order valence-electron chi connectivity index (χ3n) is 15.8. The van der Waals surface area contributed by atoms with Crippen molar-refractivity contribution in [1.82, 2.24) is 29.9 Å². The van der Waals surface area contributed by atoms with Crippen LogP contribution in [-0.2, 0) is 0 Å². The largest absolute Gasteiger partial charge is 0.208 e.